The molecule has 0 bridgehead atoms. The smallest absolute Gasteiger partial charge is 0.0954 e. The largest absolute Gasteiger partial charge is 0.197 e. The maximum atomic E-state index is 9.10. The van der Waals surface area contributed by atoms with Gasteiger partial charge in [-0.05, 0) is 12.0 Å². The summed E-state index contributed by atoms with van der Waals surface area (Å²) >= 11 is 5.84. The molecule has 0 spiro atoms. The van der Waals surface area contributed by atoms with E-state index in [0.29, 0.717) is 5.88 Å². The van der Waals surface area contributed by atoms with Crippen molar-refractivity contribution in [3.63, 3.8) is 0 Å². The maximum absolute atomic E-state index is 9.10. The average Bonchev–Trinajstić information content (AvgIpc) is 2.23. The highest BCUT2D eigenvalue weighted by Crippen LogP contribution is 2.28. The van der Waals surface area contributed by atoms with Gasteiger partial charge in [-0.2, -0.15) is 5.26 Å². The fraction of sp³-hybridized carbons (Fsp3) is 0.364. The van der Waals surface area contributed by atoms with Crippen LogP contribution in [0.25, 0.3) is 0 Å². The van der Waals surface area contributed by atoms with Crippen molar-refractivity contribution in [2.24, 2.45) is 0 Å². The molecule has 0 aliphatic heterocycles. The summed E-state index contributed by atoms with van der Waals surface area (Å²) in [5.41, 5.74) is 0.498. The Kier molecular flexibility index (Phi) is 3.33. The van der Waals surface area contributed by atoms with Gasteiger partial charge in [0.1, 0.15) is 0 Å². The van der Waals surface area contributed by atoms with E-state index in [9.17, 15) is 0 Å². The molecule has 0 heterocycles. The molecule has 0 fully saturated rings. The lowest BCUT2D eigenvalue weighted by molar-refractivity contribution is 0.594. The van der Waals surface area contributed by atoms with Crippen LogP contribution in [0.2, 0.25) is 0 Å². The molecule has 1 nitrogen and oxygen atoms in total. The van der Waals surface area contributed by atoms with Crippen LogP contribution in [-0.2, 0) is 5.41 Å². The predicted octanol–water partition coefficient (Wildman–Crippen LogP) is 3.10. The van der Waals surface area contributed by atoms with Gasteiger partial charge in [0, 0.05) is 5.88 Å². The predicted molar refractivity (Wildman–Crippen MR) is 54.7 cm³/mol. The van der Waals surface area contributed by atoms with Crippen molar-refractivity contribution in [1.29, 1.82) is 5.26 Å². The van der Waals surface area contributed by atoms with Crippen LogP contribution in [0.15, 0.2) is 30.3 Å². The summed E-state index contributed by atoms with van der Waals surface area (Å²) in [6.07, 6.45) is 0.747. The minimum atomic E-state index is -0.511. The highest BCUT2D eigenvalue weighted by molar-refractivity contribution is 6.19. The van der Waals surface area contributed by atoms with E-state index >= 15 is 0 Å². The zero-order valence-corrected chi connectivity index (χ0v) is 8.38. The van der Waals surface area contributed by atoms with Gasteiger partial charge in [-0.15, -0.1) is 11.6 Å². The molecule has 0 radical (unpaired) electrons. The van der Waals surface area contributed by atoms with E-state index in [1.54, 1.807) is 0 Å². The average molecular weight is 194 g/mol. The van der Waals surface area contributed by atoms with Crippen molar-refractivity contribution < 1.29 is 0 Å². The number of benzene rings is 1. The number of hydrogen-bond donors (Lipinski definition) is 0. The first-order valence-electron chi connectivity index (χ1n) is 4.32. The van der Waals surface area contributed by atoms with Crippen molar-refractivity contribution in [2.75, 3.05) is 5.88 Å². The van der Waals surface area contributed by atoms with Crippen LogP contribution in [0.3, 0.4) is 0 Å². The minimum absolute atomic E-state index is 0.351. The lowest BCUT2D eigenvalue weighted by Crippen LogP contribution is -2.24. The van der Waals surface area contributed by atoms with Gasteiger partial charge in [0.05, 0.1) is 11.5 Å². The highest BCUT2D eigenvalue weighted by Gasteiger charge is 2.28. The van der Waals surface area contributed by atoms with Gasteiger partial charge in [0.2, 0.25) is 0 Å². The molecule has 0 saturated heterocycles. The fourth-order valence-electron chi connectivity index (χ4n) is 1.31. The fourth-order valence-corrected chi connectivity index (χ4v) is 1.71. The Morgan fingerprint density at radius 1 is 1.38 bits per heavy atom. The lowest BCUT2D eigenvalue weighted by Gasteiger charge is -2.22. The van der Waals surface area contributed by atoms with Crippen molar-refractivity contribution in [1.82, 2.24) is 0 Å². The summed E-state index contributed by atoms with van der Waals surface area (Å²) in [6, 6.07) is 12.0. The minimum Gasteiger partial charge on any atom is -0.197 e. The highest BCUT2D eigenvalue weighted by atomic mass is 35.5. The van der Waals surface area contributed by atoms with Crippen molar-refractivity contribution in [2.45, 2.75) is 18.8 Å². The van der Waals surface area contributed by atoms with Gasteiger partial charge in [-0.3, -0.25) is 0 Å². The van der Waals surface area contributed by atoms with E-state index in [1.165, 1.54) is 0 Å². The monoisotopic (exact) mass is 193 g/mol. The molecular formula is C11H12ClN. The molecule has 1 rings (SSSR count). The molecule has 2 heteroatoms. The van der Waals surface area contributed by atoms with E-state index in [2.05, 4.69) is 6.07 Å². The van der Waals surface area contributed by atoms with Crippen molar-refractivity contribution in [3.8, 4) is 6.07 Å². The maximum Gasteiger partial charge on any atom is 0.0954 e. The number of rotatable bonds is 3. The summed E-state index contributed by atoms with van der Waals surface area (Å²) in [5.74, 6) is 0.351. The van der Waals surface area contributed by atoms with Crippen LogP contribution in [0.5, 0.6) is 0 Å². The second kappa shape index (κ2) is 4.30. The third-order valence-electron chi connectivity index (χ3n) is 2.37. The van der Waals surface area contributed by atoms with E-state index in [4.69, 9.17) is 16.9 Å². The van der Waals surface area contributed by atoms with Crippen molar-refractivity contribution in [3.05, 3.63) is 35.9 Å². The zero-order chi connectivity index (χ0) is 9.73. The molecule has 0 aliphatic carbocycles. The molecule has 13 heavy (non-hydrogen) atoms. The molecule has 1 aromatic carbocycles. The zero-order valence-electron chi connectivity index (χ0n) is 7.63. The Hall–Kier alpha value is -1.00. The number of nitrogens with zero attached hydrogens (tertiary/aromatic N) is 1. The lowest BCUT2D eigenvalue weighted by atomic mass is 9.81. The Balaban J connectivity index is 3.10. The first-order valence-corrected chi connectivity index (χ1v) is 4.85. The first kappa shape index (κ1) is 10.1. The van der Waals surface area contributed by atoms with E-state index in [-0.39, 0.29) is 0 Å². The summed E-state index contributed by atoms with van der Waals surface area (Å²) < 4.78 is 0. The molecule has 1 unspecified atom stereocenters. The molecule has 0 aliphatic rings. The van der Waals surface area contributed by atoms with Crippen LogP contribution in [0.1, 0.15) is 18.9 Å². The van der Waals surface area contributed by atoms with Gasteiger partial charge >= 0.3 is 0 Å². The number of hydrogen-bond acceptors (Lipinski definition) is 1. The third kappa shape index (κ3) is 1.84. The van der Waals surface area contributed by atoms with E-state index in [0.717, 1.165) is 12.0 Å². The molecule has 0 saturated carbocycles. The number of halogens is 1. The Morgan fingerprint density at radius 3 is 2.38 bits per heavy atom. The standard InChI is InChI=1S/C11H12ClN/c1-2-11(8-12,9-13)10-6-4-3-5-7-10/h3-7H,2,8H2,1H3. The van der Waals surface area contributed by atoms with Crippen LogP contribution in [-0.4, -0.2) is 5.88 Å². The van der Waals surface area contributed by atoms with Gasteiger partial charge in [0.25, 0.3) is 0 Å². The third-order valence-corrected chi connectivity index (χ3v) is 2.83. The molecule has 0 aromatic heterocycles. The van der Waals surface area contributed by atoms with E-state index < -0.39 is 5.41 Å². The Bertz CT molecular complexity index is 296. The summed E-state index contributed by atoms with van der Waals surface area (Å²) in [4.78, 5) is 0. The van der Waals surface area contributed by atoms with Crippen LogP contribution < -0.4 is 0 Å². The number of nitriles is 1. The quantitative estimate of drug-likeness (QED) is 0.677. The van der Waals surface area contributed by atoms with Gasteiger partial charge in [-0.1, -0.05) is 37.3 Å². The molecule has 1 atom stereocenters. The van der Waals surface area contributed by atoms with Crippen molar-refractivity contribution >= 4 is 11.6 Å². The Labute approximate surface area is 84.0 Å². The van der Waals surface area contributed by atoms with Gasteiger partial charge in [0.15, 0.2) is 0 Å². The van der Waals surface area contributed by atoms with Gasteiger partial charge in [-0.25, -0.2) is 0 Å². The molecule has 68 valence electrons. The molecule has 0 N–H and O–H groups in total. The summed E-state index contributed by atoms with van der Waals surface area (Å²) in [5, 5.41) is 9.10. The van der Waals surface area contributed by atoms with E-state index in [1.807, 2.05) is 37.3 Å². The second-order valence-corrected chi connectivity index (χ2v) is 3.31. The second-order valence-electron chi connectivity index (χ2n) is 3.05. The molecule has 0 amide bonds. The number of alkyl halides is 1. The summed E-state index contributed by atoms with van der Waals surface area (Å²) in [6.45, 7) is 1.98. The van der Waals surface area contributed by atoms with Crippen LogP contribution in [0.4, 0.5) is 0 Å². The van der Waals surface area contributed by atoms with Crippen LogP contribution >= 0.6 is 11.6 Å². The SMILES string of the molecule is CCC(C#N)(CCl)c1ccccc1. The first-order chi connectivity index (χ1) is 6.29. The summed E-state index contributed by atoms with van der Waals surface area (Å²) in [7, 11) is 0. The van der Waals surface area contributed by atoms with Gasteiger partial charge < -0.3 is 0 Å². The Morgan fingerprint density at radius 2 is 2.00 bits per heavy atom. The topological polar surface area (TPSA) is 23.8 Å². The normalized spacial score (nSPS) is 14.5. The molecule has 1 aromatic rings. The van der Waals surface area contributed by atoms with Crippen LogP contribution in [0, 0.1) is 11.3 Å². The molecular weight excluding hydrogens is 182 g/mol.